The van der Waals surface area contributed by atoms with E-state index in [2.05, 4.69) is 5.32 Å². The highest BCUT2D eigenvalue weighted by Gasteiger charge is 2.05. The minimum Gasteiger partial charge on any atom is -0.316 e. The average molecular weight is 86.1 g/mol. The highest BCUT2D eigenvalue weighted by molar-refractivity contribution is 4.66. The Labute approximate surface area is 37.7 Å². The molecule has 36 valence electrons. The number of nitrogens with one attached hydrogen (secondary N) is 1. The van der Waals surface area contributed by atoms with E-state index in [-0.39, 0.29) is 0 Å². The van der Waals surface area contributed by atoms with E-state index in [1.807, 2.05) is 0 Å². The Bertz CT molecular complexity index is 38.8. The first-order chi connectivity index (χ1) is 2.89. The van der Waals surface area contributed by atoms with Crippen LogP contribution in [0.5, 0.6) is 0 Å². The smallest absolute Gasteiger partial charge is 0.0546 e. The van der Waals surface area contributed by atoms with Crippen molar-refractivity contribution in [3.63, 3.8) is 0 Å². The summed E-state index contributed by atoms with van der Waals surface area (Å²) in [6.45, 7) is 1.11. The van der Waals surface area contributed by atoms with Crippen molar-refractivity contribution in [2.24, 2.45) is 5.73 Å². The van der Waals surface area contributed by atoms with Gasteiger partial charge in [-0.25, -0.2) is 0 Å². The molecular weight excluding hydrogens is 76.1 g/mol. The summed E-state index contributed by atoms with van der Waals surface area (Å²) < 4.78 is 0. The minimum absolute atomic E-state index is 0.296. The maximum absolute atomic E-state index is 5.42. The van der Waals surface area contributed by atoms with Crippen LogP contribution in [-0.2, 0) is 0 Å². The fourth-order valence-corrected chi connectivity index (χ4v) is 0.711. The molecule has 0 unspecified atom stereocenters. The molecule has 0 aromatic rings. The molecule has 0 aromatic heterocycles. The Morgan fingerprint density at radius 3 is 2.67 bits per heavy atom. The molecule has 2 heteroatoms. The standard InChI is InChI=1S/C4H10N2/c5-4-2-1-3-6-4/h4,6H,1-3,5H2/t4-/m1/s1. The van der Waals surface area contributed by atoms with E-state index in [1.165, 1.54) is 6.42 Å². The van der Waals surface area contributed by atoms with Crippen molar-refractivity contribution in [2.45, 2.75) is 19.0 Å². The first kappa shape index (κ1) is 4.09. The zero-order chi connectivity index (χ0) is 4.41. The van der Waals surface area contributed by atoms with Gasteiger partial charge < -0.3 is 11.1 Å². The lowest BCUT2D eigenvalue weighted by molar-refractivity contribution is 0.634. The van der Waals surface area contributed by atoms with Crippen LogP contribution >= 0.6 is 0 Å². The molecule has 6 heavy (non-hydrogen) atoms. The molecule has 0 aromatic carbocycles. The van der Waals surface area contributed by atoms with Crippen molar-refractivity contribution >= 4 is 0 Å². The monoisotopic (exact) mass is 86.1 g/mol. The lowest BCUT2D eigenvalue weighted by atomic mass is 10.3. The molecule has 3 N–H and O–H groups in total. The molecule has 0 aliphatic carbocycles. The maximum atomic E-state index is 5.42. The summed E-state index contributed by atoms with van der Waals surface area (Å²) in [4.78, 5) is 0. The Hall–Kier alpha value is -0.0800. The first-order valence-corrected chi connectivity index (χ1v) is 2.38. The average Bonchev–Trinajstić information content (AvgIpc) is 1.86. The predicted octanol–water partition coefficient (Wildman–Crippen LogP) is -0.345. The topological polar surface area (TPSA) is 38.0 Å². The summed E-state index contributed by atoms with van der Waals surface area (Å²) in [5.41, 5.74) is 5.42. The van der Waals surface area contributed by atoms with Gasteiger partial charge in [0, 0.05) is 0 Å². The van der Waals surface area contributed by atoms with Crippen molar-refractivity contribution in [1.82, 2.24) is 5.32 Å². The highest BCUT2D eigenvalue weighted by atomic mass is 15.0. The van der Waals surface area contributed by atoms with Gasteiger partial charge in [0.1, 0.15) is 0 Å². The summed E-state index contributed by atoms with van der Waals surface area (Å²) in [7, 11) is 0. The zero-order valence-electron chi connectivity index (χ0n) is 3.78. The van der Waals surface area contributed by atoms with Gasteiger partial charge >= 0.3 is 0 Å². The molecule has 0 spiro atoms. The summed E-state index contributed by atoms with van der Waals surface area (Å²) in [6.07, 6.45) is 2.70. The molecule has 2 nitrogen and oxygen atoms in total. The predicted molar refractivity (Wildman–Crippen MR) is 25.2 cm³/mol. The van der Waals surface area contributed by atoms with E-state index in [0.717, 1.165) is 13.0 Å². The van der Waals surface area contributed by atoms with Crippen molar-refractivity contribution < 1.29 is 0 Å². The molecular formula is C4H10N2. The van der Waals surface area contributed by atoms with Crippen LogP contribution in [0.1, 0.15) is 12.8 Å². The largest absolute Gasteiger partial charge is 0.316 e. The molecule has 0 amide bonds. The second-order valence-corrected chi connectivity index (χ2v) is 1.70. The van der Waals surface area contributed by atoms with E-state index in [0.29, 0.717) is 6.17 Å². The lowest BCUT2D eigenvalue weighted by Crippen LogP contribution is -2.30. The molecule has 0 radical (unpaired) electrons. The van der Waals surface area contributed by atoms with Crippen LogP contribution in [0.15, 0.2) is 0 Å². The first-order valence-electron chi connectivity index (χ1n) is 2.38. The second kappa shape index (κ2) is 1.58. The Balaban J connectivity index is 2.18. The third-order valence-electron chi connectivity index (χ3n) is 1.10. The summed E-state index contributed by atoms with van der Waals surface area (Å²) in [5.74, 6) is 0. The minimum atomic E-state index is 0.296. The SMILES string of the molecule is N[C@H]1CCCN1. The van der Waals surface area contributed by atoms with Crippen LogP contribution in [0, 0.1) is 0 Å². The second-order valence-electron chi connectivity index (χ2n) is 1.70. The van der Waals surface area contributed by atoms with Gasteiger partial charge in [-0.15, -0.1) is 0 Å². The molecule has 1 saturated heterocycles. The quantitative estimate of drug-likeness (QED) is 0.423. The van der Waals surface area contributed by atoms with Crippen LogP contribution in [-0.4, -0.2) is 12.7 Å². The van der Waals surface area contributed by atoms with Crippen LogP contribution in [0.4, 0.5) is 0 Å². The molecule has 1 heterocycles. The third kappa shape index (κ3) is 0.698. The number of rotatable bonds is 0. The molecule has 0 saturated carbocycles. The molecule has 1 atom stereocenters. The van der Waals surface area contributed by atoms with E-state index in [9.17, 15) is 0 Å². The van der Waals surface area contributed by atoms with Gasteiger partial charge in [-0.05, 0) is 19.4 Å². The van der Waals surface area contributed by atoms with Crippen molar-refractivity contribution in [1.29, 1.82) is 0 Å². The van der Waals surface area contributed by atoms with E-state index < -0.39 is 0 Å². The Kier molecular flexibility index (Phi) is 1.08. The van der Waals surface area contributed by atoms with Gasteiger partial charge in [0.25, 0.3) is 0 Å². The van der Waals surface area contributed by atoms with E-state index in [4.69, 9.17) is 5.73 Å². The molecule has 0 bridgehead atoms. The van der Waals surface area contributed by atoms with Crippen LogP contribution in [0.25, 0.3) is 0 Å². The Morgan fingerprint density at radius 2 is 2.50 bits per heavy atom. The number of hydrogen-bond acceptors (Lipinski definition) is 2. The number of hydrogen-bond donors (Lipinski definition) is 2. The Morgan fingerprint density at radius 1 is 1.67 bits per heavy atom. The molecule has 1 fully saturated rings. The lowest BCUT2D eigenvalue weighted by Gasteiger charge is -1.95. The van der Waals surface area contributed by atoms with Gasteiger partial charge in [0.2, 0.25) is 0 Å². The van der Waals surface area contributed by atoms with Gasteiger partial charge in [-0.3, -0.25) is 0 Å². The normalized spacial score (nSPS) is 34.5. The summed E-state index contributed by atoms with van der Waals surface area (Å²) >= 11 is 0. The van der Waals surface area contributed by atoms with Crippen molar-refractivity contribution in [3.8, 4) is 0 Å². The zero-order valence-corrected chi connectivity index (χ0v) is 3.78. The van der Waals surface area contributed by atoms with Gasteiger partial charge in [0.15, 0.2) is 0 Å². The number of nitrogens with two attached hydrogens (primary N) is 1. The van der Waals surface area contributed by atoms with Crippen molar-refractivity contribution in [2.75, 3.05) is 6.54 Å². The molecule has 1 aliphatic heterocycles. The van der Waals surface area contributed by atoms with Crippen LogP contribution in [0.2, 0.25) is 0 Å². The molecule has 1 aliphatic rings. The fraction of sp³-hybridized carbons (Fsp3) is 1.00. The third-order valence-corrected chi connectivity index (χ3v) is 1.10. The van der Waals surface area contributed by atoms with E-state index in [1.54, 1.807) is 0 Å². The van der Waals surface area contributed by atoms with Crippen LogP contribution in [0.3, 0.4) is 0 Å². The maximum Gasteiger partial charge on any atom is 0.0546 e. The van der Waals surface area contributed by atoms with E-state index >= 15 is 0 Å². The van der Waals surface area contributed by atoms with Gasteiger partial charge in [-0.2, -0.15) is 0 Å². The summed E-state index contributed by atoms with van der Waals surface area (Å²) in [5, 5.41) is 3.10. The summed E-state index contributed by atoms with van der Waals surface area (Å²) in [6, 6.07) is 0. The molecule has 1 rings (SSSR count). The van der Waals surface area contributed by atoms with Crippen molar-refractivity contribution in [3.05, 3.63) is 0 Å². The van der Waals surface area contributed by atoms with Gasteiger partial charge in [0.05, 0.1) is 6.17 Å². The fourth-order valence-electron chi connectivity index (χ4n) is 0.711. The van der Waals surface area contributed by atoms with Crippen LogP contribution < -0.4 is 11.1 Å². The highest BCUT2D eigenvalue weighted by Crippen LogP contribution is 1.96. The van der Waals surface area contributed by atoms with Gasteiger partial charge in [-0.1, -0.05) is 0 Å².